The van der Waals surface area contributed by atoms with Gasteiger partial charge in [0, 0.05) is 24.3 Å². The number of unbranched alkanes of at least 4 members (excludes halogenated alkanes) is 1. The maximum atomic E-state index is 11.0. The van der Waals surface area contributed by atoms with Crippen LogP contribution in [-0.4, -0.2) is 30.1 Å². The fraction of sp³-hybridized carbons (Fsp3) is 0.429. The first-order chi connectivity index (χ1) is 9.04. The van der Waals surface area contributed by atoms with Crippen molar-refractivity contribution >= 4 is 17.6 Å². The molecule has 0 fully saturated rings. The van der Waals surface area contributed by atoms with E-state index in [2.05, 4.69) is 6.92 Å². The molecule has 0 unspecified atom stereocenters. The molecule has 0 aliphatic heterocycles. The van der Waals surface area contributed by atoms with Gasteiger partial charge < -0.3 is 15.7 Å². The minimum absolute atomic E-state index is 0.0985. The Morgan fingerprint density at radius 2 is 1.84 bits per heavy atom. The van der Waals surface area contributed by atoms with Gasteiger partial charge in [0.25, 0.3) is 0 Å². The first kappa shape index (κ1) is 15.0. The Morgan fingerprint density at radius 3 is 2.32 bits per heavy atom. The summed E-state index contributed by atoms with van der Waals surface area (Å²) >= 11 is 0. The van der Waals surface area contributed by atoms with Crippen LogP contribution in [-0.2, 0) is 4.79 Å². The summed E-state index contributed by atoms with van der Waals surface area (Å²) in [4.78, 5) is 23.7. The number of nitrogens with zero attached hydrogens (tertiary/aromatic N) is 1. The second kappa shape index (κ2) is 7.41. The third-order valence-electron chi connectivity index (χ3n) is 2.89. The molecule has 1 rings (SSSR count). The zero-order valence-corrected chi connectivity index (χ0v) is 11.1. The molecule has 0 spiro atoms. The third kappa shape index (κ3) is 4.99. The van der Waals surface area contributed by atoms with Crippen LogP contribution in [0.2, 0.25) is 0 Å². The quantitative estimate of drug-likeness (QED) is 0.750. The van der Waals surface area contributed by atoms with Gasteiger partial charge in [-0.3, -0.25) is 9.59 Å². The normalized spacial score (nSPS) is 10.2. The Hall–Kier alpha value is -2.04. The fourth-order valence-electron chi connectivity index (χ4n) is 1.79. The van der Waals surface area contributed by atoms with Crippen molar-refractivity contribution in [3.8, 4) is 0 Å². The molecule has 0 heterocycles. The van der Waals surface area contributed by atoms with Crippen molar-refractivity contribution in [2.24, 2.45) is 5.73 Å². The highest BCUT2D eigenvalue weighted by atomic mass is 16.4. The molecular weight excluding hydrogens is 244 g/mol. The maximum absolute atomic E-state index is 11.0. The Morgan fingerprint density at radius 1 is 1.21 bits per heavy atom. The van der Waals surface area contributed by atoms with Gasteiger partial charge in [0.2, 0.25) is 5.91 Å². The molecule has 0 aliphatic rings. The second-order valence-corrected chi connectivity index (χ2v) is 4.40. The van der Waals surface area contributed by atoms with Crippen molar-refractivity contribution in [2.75, 3.05) is 18.0 Å². The first-order valence-corrected chi connectivity index (χ1v) is 6.41. The molecule has 1 aromatic rings. The van der Waals surface area contributed by atoms with Crippen LogP contribution in [0, 0.1) is 0 Å². The van der Waals surface area contributed by atoms with E-state index in [-0.39, 0.29) is 6.42 Å². The van der Waals surface area contributed by atoms with E-state index in [1.54, 1.807) is 24.3 Å². The predicted octanol–water partition coefficient (Wildman–Crippen LogP) is 1.87. The summed E-state index contributed by atoms with van der Waals surface area (Å²) in [5.41, 5.74) is 6.56. The van der Waals surface area contributed by atoms with Crippen molar-refractivity contribution in [3.63, 3.8) is 0 Å². The number of primary amides is 1. The van der Waals surface area contributed by atoms with Crippen molar-refractivity contribution < 1.29 is 14.7 Å². The molecule has 1 aromatic carbocycles. The number of carbonyl (C=O) groups excluding carboxylic acids is 1. The van der Waals surface area contributed by atoms with Gasteiger partial charge in [-0.1, -0.05) is 13.3 Å². The second-order valence-electron chi connectivity index (χ2n) is 4.40. The van der Waals surface area contributed by atoms with E-state index in [0.717, 1.165) is 25.1 Å². The fourth-order valence-corrected chi connectivity index (χ4v) is 1.79. The summed E-state index contributed by atoms with van der Waals surface area (Å²) in [5.74, 6) is -1.27. The molecule has 5 nitrogen and oxygen atoms in total. The largest absolute Gasteiger partial charge is 0.481 e. The number of carboxylic acid groups (broad SMARTS) is 1. The van der Waals surface area contributed by atoms with Gasteiger partial charge in [0.1, 0.15) is 0 Å². The number of benzene rings is 1. The van der Waals surface area contributed by atoms with Gasteiger partial charge in [-0.05, 0) is 30.7 Å². The summed E-state index contributed by atoms with van der Waals surface area (Å²) in [6.45, 7) is 3.36. The van der Waals surface area contributed by atoms with Gasteiger partial charge in [-0.2, -0.15) is 0 Å². The maximum Gasteiger partial charge on any atom is 0.305 e. The van der Waals surface area contributed by atoms with Crippen LogP contribution in [0.3, 0.4) is 0 Å². The molecule has 0 aromatic heterocycles. The lowest BCUT2D eigenvalue weighted by molar-refractivity contribution is -0.136. The van der Waals surface area contributed by atoms with Gasteiger partial charge >= 0.3 is 5.97 Å². The smallest absolute Gasteiger partial charge is 0.305 e. The number of carboxylic acids is 1. The number of hydrogen-bond acceptors (Lipinski definition) is 3. The molecule has 0 aliphatic carbocycles. The average molecular weight is 264 g/mol. The molecule has 104 valence electrons. The van der Waals surface area contributed by atoms with Crippen molar-refractivity contribution in [1.29, 1.82) is 0 Å². The van der Waals surface area contributed by atoms with E-state index in [1.165, 1.54) is 0 Å². The molecule has 19 heavy (non-hydrogen) atoms. The molecule has 0 radical (unpaired) electrons. The molecule has 0 atom stereocenters. The monoisotopic (exact) mass is 264 g/mol. The highest BCUT2D eigenvalue weighted by Gasteiger charge is 2.09. The van der Waals surface area contributed by atoms with Crippen LogP contribution in [0.4, 0.5) is 5.69 Å². The van der Waals surface area contributed by atoms with E-state index in [1.807, 2.05) is 4.90 Å². The van der Waals surface area contributed by atoms with Crippen LogP contribution < -0.4 is 10.6 Å². The van der Waals surface area contributed by atoms with Gasteiger partial charge in [0.05, 0.1) is 6.42 Å². The average Bonchev–Trinajstić information content (AvgIpc) is 2.39. The highest BCUT2D eigenvalue weighted by Crippen LogP contribution is 2.16. The minimum Gasteiger partial charge on any atom is -0.481 e. The molecule has 1 amide bonds. The summed E-state index contributed by atoms with van der Waals surface area (Å²) in [6.07, 6.45) is 2.14. The van der Waals surface area contributed by atoms with Crippen LogP contribution in [0.1, 0.15) is 36.5 Å². The molecule has 0 saturated heterocycles. The van der Waals surface area contributed by atoms with Crippen molar-refractivity contribution in [1.82, 2.24) is 0 Å². The van der Waals surface area contributed by atoms with E-state index >= 15 is 0 Å². The Kier molecular flexibility index (Phi) is 5.85. The van der Waals surface area contributed by atoms with E-state index in [4.69, 9.17) is 10.8 Å². The van der Waals surface area contributed by atoms with Crippen molar-refractivity contribution in [3.05, 3.63) is 29.8 Å². The molecule has 0 saturated carbocycles. The lowest BCUT2D eigenvalue weighted by Crippen LogP contribution is -2.27. The summed E-state index contributed by atoms with van der Waals surface area (Å²) in [6, 6.07) is 6.93. The number of amides is 1. The number of carbonyl (C=O) groups is 2. The number of nitrogens with two attached hydrogens (primary N) is 1. The predicted molar refractivity (Wildman–Crippen MR) is 74.3 cm³/mol. The number of rotatable bonds is 8. The Labute approximate surface area is 113 Å². The summed E-state index contributed by atoms with van der Waals surface area (Å²) in [7, 11) is 0. The molecule has 0 bridgehead atoms. The third-order valence-corrected chi connectivity index (χ3v) is 2.89. The molecule has 3 N–H and O–H groups in total. The lowest BCUT2D eigenvalue weighted by atomic mass is 10.1. The van der Waals surface area contributed by atoms with E-state index in [0.29, 0.717) is 12.1 Å². The summed E-state index contributed by atoms with van der Waals surface area (Å²) < 4.78 is 0. The number of aliphatic carboxylic acids is 1. The minimum atomic E-state index is -0.810. The van der Waals surface area contributed by atoms with Crippen molar-refractivity contribution in [2.45, 2.75) is 26.2 Å². The SMILES string of the molecule is CCCCN(CCC(=O)O)c1ccc(C(N)=O)cc1. The van der Waals surface area contributed by atoms with Crippen LogP contribution in [0.5, 0.6) is 0 Å². The number of hydrogen-bond donors (Lipinski definition) is 2. The summed E-state index contributed by atoms with van der Waals surface area (Å²) in [5, 5.41) is 8.76. The Balaban J connectivity index is 2.77. The van der Waals surface area contributed by atoms with Crippen LogP contribution in [0.15, 0.2) is 24.3 Å². The Bertz CT molecular complexity index is 429. The van der Waals surface area contributed by atoms with Crippen LogP contribution in [0.25, 0.3) is 0 Å². The molecular formula is C14H20N2O3. The molecule has 5 heteroatoms. The van der Waals surface area contributed by atoms with Gasteiger partial charge in [-0.25, -0.2) is 0 Å². The zero-order valence-electron chi connectivity index (χ0n) is 11.1. The van der Waals surface area contributed by atoms with E-state index in [9.17, 15) is 9.59 Å². The topological polar surface area (TPSA) is 83.6 Å². The van der Waals surface area contributed by atoms with E-state index < -0.39 is 11.9 Å². The van der Waals surface area contributed by atoms with Crippen LogP contribution >= 0.6 is 0 Å². The lowest BCUT2D eigenvalue weighted by Gasteiger charge is -2.24. The standard InChI is InChI=1S/C14H20N2O3/c1-2-3-9-16(10-8-13(17)18)12-6-4-11(5-7-12)14(15)19/h4-7H,2-3,8-10H2,1H3,(H2,15,19)(H,17,18). The van der Waals surface area contributed by atoms with Gasteiger partial charge in [0.15, 0.2) is 0 Å². The number of anilines is 1. The first-order valence-electron chi connectivity index (χ1n) is 6.41. The van der Waals surface area contributed by atoms with Gasteiger partial charge in [-0.15, -0.1) is 0 Å². The zero-order chi connectivity index (χ0) is 14.3. The highest BCUT2D eigenvalue weighted by molar-refractivity contribution is 5.93.